The molecule has 0 radical (unpaired) electrons. The fraction of sp³-hybridized carbons (Fsp3) is 0.125. The van der Waals surface area contributed by atoms with Gasteiger partial charge in [0.25, 0.3) is 0 Å². The predicted octanol–water partition coefficient (Wildman–Crippen LogP) is 1.52. The predicted molar refractivity (Wildman–Crippen MR) is 48.6 cm³/mol. The molecule has 3 nitrogen and oxygen atoms in total. The molecule has 0 fully saturated rings. The molecule has 1 aromatic carbocycles. The van der Waals surface area contributed by atoms with Crippen LogP contribution in [0.2, 0.25) is 0 Å². The SMILES string of the molecule is COc1cc(Br)cc(O)c(=O)c1. The summed E-state index contributed by atoms with van der Waals surface area (Å²) in [7, 11) is 1.46. The van der Waals surface area contributed by atoms with Gasteiger partial charge in [0.2, 0.25) is 5.43 Å². The molecular weight excluding hydrogens is 224 g/mol. The first kappa shape index (κ1) is 9.06. The number of aromatic hydroxyl groups is 1. The van der Waals surface area contributed by atoms with Crippen LogP contribution in [0.15, 0.2) is 27.5 Å². The molecule has 0 atom stereocenters. The van der Waals surface area contributed by atoms with Crippen LogP contribution >= 0.6 is 15.9 Å². The molecule has 12 heavy (non-hydrogen) atoms. The van der Waals surface area contributed by atoms with Crippen molar-refractivity contribution >= 4 is 15.9 Å². The molecule has 0 bridgehead atoms. The summed E-state index contributed by atoms with van der Waals surface area (Å²) in [6, 6.07) is 4.14. The van der Waals surface area contributed by atoms with Gasteiger partial charge in [-0.25, -0.2) is 0 Å². The highest BCUT2D eigenvalue weighted by Crippen LogP contribution is 2.17. The van der Waals surface area contributed by atoms with Crippen LogP contribution in [-0.2, 0) is 0 Å². The van der Waals surface area contributed by atoms with Gasteiger partial charge in [-0.05, 0) is 12.1 Å². The number of halogens is 1. The van der Waals surface area contributed by atoms with Crippen molar-refractivity contribution in [1.82, 2.24) is 0 Å². The Labute approximate surface area is 77.7 Å². The highest BCUT2D eigenvalue weighted by Gasteiger charge is 1.98. The summed E-state index contributed by atoms with van der Waals surface area (Å²) in [4.78, 5) is 11.0. The van der Waals surface area contributed by atoms with E-state index in [-0.39, 0.29) is 5.75 Å². The van der Waals surface area contributed by atoms with Crippen LogP contribution in [0.3, 0.4) is 0 Å². The molecule has 0 heterocycles. The number of hydrogen-bond donors (Lipinski definition) is 1. The van der Waals surface area contributed by atoms with E-state index in [0.29, 0.717) is 10.2 Å². The van der Waals surface area contributed by atoms with Crippen molar-refractivity contribution in [2.75, 3.05) is 7.11 Å². The monoisotopic (exact) mass is 230 g/mol. The summed E-state index contributed by atoms with van der Waals surface area (Å²) in [5.74, 6) is 0.109. The van der Waals surface area contributed by atoms with E-state index in [1.54, 1.807) is 6.07 Å². The molecule has 0 aliphatic heterocycles. The summed E-state index contributed by atoms with van der Waals surface area (Å²) < 4.78 is 5.45. The second kappa shape index (κ2) is 3.58. The quantitative estimate of drug-likeness (QED) is 0.796. The lowest BCUT2D eigenvalue weighted by Gasteiger charge is -1.91. The van der Waals surface area contributed by atoms with Crippen LogP contribution in [0.4, 0.5) is 0 Å². The zero-order valence-corrected chi connectivity index (χ0v) is 7.96. The maximum absolute atomic E-state index is 11.0. The van der Waals surface area contributed by atoms with Crippen LogP contribution < -0.4 is 10.2 Å². The Hall–Kier alpha value is -1.03. The summed E-state index contributed by atoms with van der Waals surface area (Å²) in [6.07, 6.45) is 0. The van der Waals surface area contributed by atoms with Gasteiger partial charge in [0.15, 0.2) is 5.75 Å². The van der Waals surface area contributed by atoms with Gasteiger partial charge in [0, 0.05) is 10.5 Å². The van der Waals surface area contributed by atoms with Crippen LogP contribution in [-0.4, -0.2) is 12.2 Å². The average Bonchev–Trinajstić information content (AvgIpc) is 2.12. The molecule has 0 unspecified atom stereocenters. The Morgan fingerprint density at radius 1 is 1.42 bits per heavy atom. The normalized spacial score (nSPS) is 9.50. The van der Waals surface area contributed by atoms with Crippen molar-refractivity contribution in [1.29, 1.82) is 0 Å². The third kappa shape index (κ3) is 1.98. The number of hydrogen-bond acceptors (Lipinski definition) is 3. The van der Waals surface area contributed by atoms with Crippen LogP contribution in [0.5, 0.6) is 11.5 Å². The van der Waals surface area contributed by atoms with E-state index in [2.05, 4.69) is 15.9 Å². The molecule has 0 saturated heterocycles. The summed E-state index contributed by atoms with van der Waals surface area (Å²) >= 11 is 3.14. The smallest absolute Gasteiger partial charge is 0.223 e. The van der Waals surface area contributed by atoms with Gasteiger partial charge in [-0.3, -0.25) is 4.79 Å². The van der Waals surface area contributed by atoms with Crippen molar-refractivity contribution in [3.63, 3.8) is 0 Å². The lowest BCUT2D eigenvalue weighted by atomic mass is 10.4. The minimum Gasteiger partial charge on any atom is -0.504 e. The zero-order chi connectivity index (χ0) is 9.14. The molecule has 0 aromatic heterocycles. The third-order valence-electron chi connectivity index (χ3n) is 1.32. The first-order valence-electron chi connectivity index (χ1n) is 3.21. The minimum absolute atomic E-state index is 0.301. The second-order valence-electron chi connectivity index (χ2n) is 2.17. The van der Waals surface area contributed by atoms with Crippen LogP contribution in [0.1, 0.15) is 0 Å². The molecule has 1 aromatic rings. The van der Waals surface area contributed by atoms with E-state index in [1.165, 1.54) is 19.2 Å². The van der Waals surface area contributed by atoms with Crippen molar-refractivity contribution in [3.05, 3.63) is 32.9 Å². The fourth-order valence-electron chi connectivity index (χ4n) is 0.742. The van der Waals surface area contributed by atoms with E-state index in [0.717, 1.165) is 0 Å². The highest BCUT2D eigenvalue weighted by molar-refractivity contribution is 9.10. The molecule has 0 saturated carbocycles. The molecule has 1 N–H and O–H groups in total. The van der Waals surface area contributed by atoms with E-state index < -0.39 is 5.43 Å². The molecule has 0 aliphatic carbocycles. The zero-order valence-electron chi connectivity index (χ0n) is 6.37. The molecule has 64 valence electrons. The highest BCUT2D eigenvalue weighted by atomic mass is 79.9. The van der Waals surface area contributed by atoms with Gasteiger partial charge in [-0.2, -0.15) is 0 Å². The fourth-order valence-corrected chi connectivity index (χ4v) is 1.18. The molecule has 0 amide bonds. The summed E-state index contributed by atoms with van der Waals surface area (Å²) in [6.45, 7) is 0. The van der Waals surface area contributed by atoms with Gasteiger partial charge >= 0.3 is 0 Å². The third-order valence-corrected chi connectivity index (χ3v) is 1.77. The van der Waals surface area contributed by atoms with Crippen LogP contribution in [0, 0.1) is 0 Å². The van der Waals surface area contributed by atoms with Gasteiger partial charge in [-0.1, -0.05) is 15.9 Å². The van der Waals surface area contributed by atoms with Crippen molar-refractivity contribution in [2.24, 2.45) is 0 Å². The van der Waals surface area contributed by atoms with Crippen molar-refractivity contribution < 1.29 is 9.84 Å². The van der Waals surface area contributed by atoms with Gasteiger partial charge in [0.05, 0.1) is 7.11 Å². The molecule has 1 rings (SSSR count). The van der Waals surface area contributed by atoms with E-state index in [1.807, 2.05) is 0 Å². The summed E-state index contributed by atoms with van der Waals surface area (Å²) in [5, 5.41) is 9.08. The number of ether oxygens (including phenoxy) is 1. The second-order valence-corrected chi connectivity index (χ2v) is 3.09. The van der Waals surface area contributed by atoms with Crippen LogP contribution in [0.25, 0.3) is 0 Å². The maximum atomic E-state index is 11.0. The van der Waals surface area contributed by atoms with E-state index >= 15 is 0 Å². The van der Waals surface area contributed by atoms with Gasteiger partial charge in [0.1, 0.15) is 5.75 Å². The molecular formula is C8H7BrO3. The maximum Gasteiger partial charge on any atom is 0.223 e. The first-order valence-corrected chi connectivity index (χ1v) is 4.00. The van der Waals surface area contributed by atoms with Gasteiger partial charge in [-0.15, -0.1) is 0 Å². The lowest BCUT2D eigenvalue weighted by Crippen LogP contribution is -1.93. The Morgan fingerprint density at radius 3 is 2.67 bits per heavy atom. The Balaban J connectivity index is 3.44. The van der Waals surface area contributed by atoms with Crippen molar-refractivity contribution in [2.45, 2.75) is 0 Å². The molecule has 0 spiro atoms. The summed E-state index contributed by atoms with van der Waals surface area (Å²) in [5.41, 5.74) is -0.461. The Morgan fingerprint density at radius 2 is 2.08 bits per heavy atom. The molecule has 0 aliphatic rings. The van der Waals surface area contributed by atoms with E-state index in [4.69, 9.17) is 9.84 Å². The Bertz CT molecular complexity index is 349. The van der Waals surface area contributed by atoms with Gasteiger partial charge < -0.3 is 9.84 Å². The number of methoxy groups -OCH3 is 1. The first-order chi connectivity index (χ1) is 5.63. The van der Waals surface area contributed by atoms with Crippen molar-refractivity contribution in [3.8, 4) is 11.5 Å². The largest absolute Gasteiger partial charge is 0.504 e. The van der Waals surface area contributed by atoms with E-state index in [9.17, 15) is 4.79 Å². The Kier molecular flexibility index (Phi) is 2.70. The minimum atomic E-state index is -0.461. The lowest BCUT2D eigenvalue weighted by molar-refractivity contribution is 0.414. The number of rotatable bonds is 1. The average molecular weight is 231 g/mol. The standard InChI is InChI=1S/C8H7BrO3/c1-12-6-2-5(9)3-7(10)8(11)4-6/h2-4H,1H3,(H,10,11). The molecule has 4 heteroatoms. The topological polar surface area (TPSA) is 46.5 Å².